The van der Waals surface area contributed by atoms with Crippen molar-refractivity contribution < 1.29 is 9.66 Å². The Bertz CT molecular complexity index is 688. The van der Waals surface area contributed by atoms with Crippen LogP contribution < -0.4 is 9.64 Å². The molecule has 3 rings (SSSR count). The van der Waals surface area contributed by atoms with E-state index in [9.17, 15) is 10.1 Å². The second-order valence-corrected chi connectivity index (χ2v) is 5.14. The first-order valence-corrected chi connectivity index (χ1v) is 7.05. The van der Waals surface area contributed by atoms with Crippen molar-refractivity contribution in [2.24, 2.45) is 0 Å². The van der Waals surface area contributed by atoms with Crippen LogP contribution in [0, 0.1) is 10.1 Å². The lowest BCUT2D eigenvalue weighted by molar-refractivity contribution is -0.385. The number of aromatic nitrogens is 2. The number of nitro groups is 1. The van der Waals surface area contributed by atoms with Gasteiger partial charge in [-0.25, -0.2) is 4.98 Å². The van der Waals surface area contributed by atoms with Gasteiger partial charge in [-0.2, -0.15) is 4.98 Å². The first-order valence-electron chi connectivity index (χ1n) is 7.05. The number of hydrogen-bond acceptors (Lipinski definition) is 6. The lowest BCUT2D eigenvalue weighted by Crippen LogP contribution is -2.27. The number of benzene rings is 1. The maximum atomic E-state index is 11.2. The third-order valence-corrected chi connectivity index (χ3v) is 3.60. The molecule has 1 aliphatic carbocycles. The second kappa shape index (κ2) is 5.97. The predicted molar refractivity (Wildman–Crippen MR) is 80.9 cm³/mol. The summed E-state index contributed by atoms with van der Waals surface area (Å²) in [7, 11) is 1.55. The topological polar surface area (TPSA) is 81.4 Å². The van der Waals surface area contributed by atoms with Gasteiger partial charge in [-0.3, -0.25) is 10.1 Å². The quantitative estimate of drug-likeness (QED) is 0.602. The number of ether oxygens (including phenoxy) is 1. The summed E-state index contributed by atoms with van der Waals surface area (Å²) in [6.07, 6.45) is 3.72. The summed E-state index contributed by atoms with van der Waals surface area (Å²) >= 11 is 0. The van der Waals surface area contributed by atoms with Crippen molar-refractivity contribution >= 4 is 11.6 Å². The molecule has 2 aromatic rings. The highest BCUT2D eigenvalue weighted by Gasteiger charge is 2.32. The fourth-order valence-electron chi connectivity index (χ4n) is 2.34. The van der Waals surface area contributed by atoms with E-state index in [1.807, 2.05) is 4.90 Å². The molecule has 1 fully saturated rings. The van der Waals surface area contributed by atoms with Crippen molar-refractivity contribution in [1.82, 2.24) is 9.97 Å². The van der Waals surface area contributed by atoms with Gasteiger partial charge in [0.05, 0.1) is 18.6 Å². The van der Waals surface area contributed by atoms with Gasteiger partial charge in [0.25, 0.3) is 5.69 Å². The molecule has 7 heteroatoms. The van der Waals surface area contributed by atoms with Gasteiger partial charge in [0, 0.05) is 29.9 Å². The van der Waals surface area contributed by atoms with E-state index in [0.29, 0.717) is 30.0 Å². The molecule has 22 heavy (non-hydrogen) atoms. The van der Waals surface area contributed by atoms with Crippen LogP contribution in [0.5, 0.6) is 5.88 Å². The first kappa shape index (κ1) is 14.2. The van der Waals surface area contributed by atoms with Crippen LogP contribution in [0.2, 0.25) is 0 Å². The third kappa shape index (κ3) is 2.98. The molecule has 0 saturated heterocycles. The normalized spacial score (nSPS) is 13.7. The van der Waals surface area contributed by atoms with Crippen LogP contribution in [0.15, 0.2) is 36.5 Å². The maximum absolute atomic E-state index is 11.2. The van der Waals surface area contributed by atoms with Gasteiger partial charge in [-0.1, -0.05) is 18.2 Å². The smallest absolute Gasteiger partial charge is 0.274 e. The van der Waals surface area contributed by atoms with Crippen molar-refractivity contribution in [1.29, 1.82) is 0 Å². The predicted octanol–water partition coefficient (Wildman–Crippen LogP) is 2.56. The molecule has 7 nitrogen and oxygen atoms in total. The Morgan fingerprint density at radius 3 is 2.82 bits per heavy atom. The van der Waals surface area contributed by atoms with Crippen LogP contribution in [0.4, 0.5) is 11.6 Å². The van der Waals surface area contributed by atoms with Crippen molar-refractivity contribution in [3.05, 3.63) is 52.2 Å². The van der Waals surface area contributed by atoms with Crippen LogP contribution in [0.25, 0.3) is 0 Å². The zero-order valence-electron chi connectivity index (χ0n) is 12.2. The SMILES string of the molecule is COc1ccnc(N(Cc2ccccc2[N+](=O)[O-])C2CC2)n1. The van der Waals surface area contributed by atoms with E-state index < -0.39 is 0 Å². The number of hydrogen-bond donors (Lipinski definition) is 0. The average molecular weight is 300 g/mol. The van der Waals surface area contributed by atoms with E-state index in [1.54, 1.807) is 37.6 Å². The summed E-state index contributed by atoms with van der Waals surface area (Å²) in [5, 5.41) is 11.2. The Morgan fingerprint density at radius 1 is 1.36 bits per heavy atom. The van der Waals surface area contributed by atoms with Gasteiger partial charge in [0.1, 0.15) is 0 Å². The molecule has 1 heterocycles. The summed E-state index contributed by atoms with van der Waals surface area (Å²) < 4.78 is 5.13. The lowest BCUT2D eigenvalue weighted by Gasteiger charge is -2.22. The van der Waals surface area contributed by atoms with Crippen molar-refractivity contribution in [2.75, 3.05) is 12.0 Å². The summed E-state index contributed by atoms with van der Waals surface area (Å²) in [6.45, 7) is 0.412. The van der Waals surface area contributed by atoms with E-state index in [4.69, 9.17) is 4.74 Å². The molecular weight excluding hydrogens is 284 g/mol. The van der Waals surface area contributed by atoms with Crippen LogP contribution in [-0.4, -0.2) is 28.0 Å². The molecule has 0 atom stereocenters. The molecule has 0 N–H and O–H groups in total. The molecule has 0 bridgehead atoms. The Kier molecular flexibility index (Phi) is 3.86. The molecule has 0 unspecified atom stereocenters. The highest BCUT2D eigenvalue weighted by Crippen LogP contribution is 2.33. The molecule has 1 aliphatic rings. The highest BCUT2D eigenvalue weighted by atomic mass is 16.6. The van der Waals surface area contributed by atoms with E-state index in [0.717, 1.165) is 12.8 Å². The summed E-state index contributed by atoms with van der Waals surface area (Å²) in [5.41, 5.74) is 0.780. The van der Waals surface area contributed by atoms with Crippen LogP contribution >= 0.6 is 0 Å². The van der Waals surface area contributed by atoms with E-state index in [1.165, 1.54) is 6.07 Å². The standard InChI is InChI=1S/C15H16N4O3/c1-22-14-8-9-16-15(17-14)18(12-6-7-12)10-11-4-2-3-5-13(11)19(20)21/h2-5,8-9,12H,6-7,10H2,1H3. The van der Waals surface area contributed by atoms with Gasteiger partial charge in [0.15, 0.2) is 0 Å². The van der Waals surface area contributed by atoms with Crippen LogP contribution in [0.3, 0.4) is 0 Å². The fourth-order valence-corrected chi connectivity index (χ4v) is 2.34. The Morgan fingerprint density at radius 2 is 2.14 bits per heavy atom. The van der Waals surface area contributed by atoms with Crippen molar-refractivity contribution in [3.63, 3.8) is 0 Å². The van der Waals surface area contributed by atoms with Gasteiger partial charge < -0.3 is 9.64 Å². The van der Waals surface area contributed by atoms with Crippen LogP contribution in [-0.2, 0) is 6.54 Å². The molecule has 114 valence electrons. The number of nitrogens with zero attached hydrogens (tertiary/aromatic N) is 4. The largest absolute Gasteiger partial charge is 0.481 e. The van der Waals surface area contributed by atoms with Gasteiger partial charge in [0.2, 0.25) is 11.8 Å². The number of methoxy groups -OCH3 is 1. The number of para-hydroxylation sites is 1. The first-order chi connectivity index (χ1) is 10.7. The maximum Gasteiger partial charge on any atom is 0.274 e. The molecule has 1 aromatic carbocycles. The second-order valence-electron chi connectivity index (χ2n) is 5.14. The minimum atomic E-state index is -0.354. The van der Waals surface area contributed by atoms with Crippen molar-refractivity contribution in [2.45, 2.75) is 25.4 Å². The average Bonchev–Trinajstić information content (AvgIpc) is 3.37. The number of rotatable bonds is 6. The van der Waals surface area contributed by atoms with E-state index in [-0.39, 0.29) is 10.6 Å². The molecule has 1 saturated carbocycles. The van der Waals surface area contributed by atoms with Gasteiger partial charge >= 0.3 is 0 Å². The zero-order valence-corrected chi connectivity index (χ0v) is 12.2. The molecular formula is C15H16N4O3. The molecule has 0 spiro atoms. The third-order valence-electron chi connectivity index (χ3n) is 3.60. The minimum absolute atomic E-state index is 0.121. The monoisotopic (exact) mass is 300 g/mol. The minimum Gasteiger partial charge on any atom is -0.481 e. The summed E-state index contributed by atoms with van der Waals surface area (Å²) in [6, 6.07) is 8.78. The Hall–Kier alpha value is -2.70. The Labute approximate surface area is 127 Å². The van der Waals surface area contributed by atoms with Crippen LogP contribution in [0.1, 0.15) is 18.4 Å². The van der Waals surface area contributed by atoms with E-state index in [2.05, 4.69) is 9.97 Å². The molecule has 0 amide bonds. The molecule has 1 aromatic heterocycles. The van der Waals surface area contributed by atoms with Crippen molar-refractivity contribution in [3.8, 4) is 5.88 Å². The van der Waals surface area contributed by atoms with Gasteiger partial charge in [-0.15, -0.1) is 0 Å². The molecule has 0 radical (unpaired) electrons. The van der Waals surface area contributed by atoms with Gasteiger partial charge in [-0.05, 0) is 12.8 Å². The Balaban J connectivity index is 1.91. The summed E-state index contributed by atoms with van der Waals surface area (Å²) in [4.78, 5) is 21.4. The molecule has 0 aliphatic heterocycles. The number of nitro benzene ring substituents is 1. The zero-order chi connectivity index (χ0) is 15.5. The number of anilines is 1. The van der Waals surface area contributed by atoms with E-state index >= 15 is 0 Å². The lowest BCUT2D eigenvalue weighted by atomic mass is 10.1. The fraction of sp³-hybridized carbons (Fsp3) is 0.333. The summed E-state index contributed by atoms with van der Waals surface area (Å²) in [5.74, 6) is 1.03. The highest BCUT2D eigenvalue weighted by molar-refractivity contribution is 5.45.